The van der Waals surface area contributed by atoms with Crippen molar-refractivity contribution in [3.8, 4) is 0 Å². The fourth-order valence-electron chi connectivity index (χ4n) is 4.37. The van der Waals surface area contributed by atoms with Crippen molar-refractivity contribution in [2.75, 3.05) is 43.5 Å². The number of halogens is 1. The fraction of sp³-hybridized carbons (Fsp3) is 0.360. The number of nitrogens with zero attached hydrogens (tertiary/aromatic N) is 2. The summed E-state index contributed by atoms with van der Waals surface area (Å²) in [5.41, 5.74) is 5.13. The minimum Gasteiger partial charge on any atom is -0.464 e. The average molecular weight is 469 g/mol. The predicted octanol–water partition coefficient (Wildman–Crippen LogP) is 4.37. The SMILES string of the molecule is COC(=O)c1[nH]c2ccc(Cl)cc2c1NC(=O)[C@@H](C)N1CCN(c2cccc(C)c2C)CC1. The summed E-state index contributed by atoms with van der Waals surface area (Å²) in [5, 5.41) is 4.13. The van der Waals surface area contributed by atoms with Gasteiger partial charge in [0.05, 0.1) is 18.8 Å². The van der Waals surface area contributed by atoms with E-state index >= 15 is 0 Å². The molecule has 2 heterocycles. The van der Waals surface area contributed by atoms with Crippen LogP contribution in [-0.4, -0.2) is 61.1 Å². The van der Waals surface area contributed by atoms with Gasteiger partial charge >= 0.3 is 5.97 Å². The van der Waals surface area contributed by atoms with Crippen molar-refractivity contribution in [1.82, 2.24) is 9.88 Å². The Morgan fingerprint density at radius 3 is 2.55 bits per heavy atom. The summed E-state index contributed by atoms with van der Waals surface area (Å²) in [6.07, 6.45) is 0. The van der Waals surface area contributed by atoms with Crippen LogP contribution in [0.2, 0.25) is 5.02 Å². The summed E-state index contributed by atoms with van der Waals surface area (Å²) in [7, 11) is 1.31. The fourth-order valence-corrected chi connectivity index (χ4v) is 4.54. The van der Waals surface area contributed by atoms with Crippen LogP contribution in [0.1, 0.15) is 28.5 Å². The summed E-state index contributed by atoms with van der Waals surface area (Å²) in [5.74, 6) is -0.728. The molecule has 0 saturated carbocycles. The van der Waals surface area contributed by atoms with Crippen LogP contribution in [0.15, 0.2) is 36.4 Å². The van der Waals surface area contributed by atoms with E-state index in [1.54, 1.807) is 18.2 Å². The highest BCUT2D eigenvalue weighted by Gasteiger charge is 2.28. The quantitative estimate of drug-likeness (QED) is 0.543. The number of esters is 1. The maximum absolute atomic E-state index is 13.2. The topological polar surface area (TPSA) is 77.7 Å². The Kier molecular flexibility index (Phi) is 6.63. The van der Waals surface area contributed by atoms with E-state index in [9.17, 15) is 9.59 Å². The van der Waals surface area contributed by atoms with E-state index in [0.717, 1.165) is 26.2 Å². The van der Waals surface area contributed by atoms with Gasteiger partial charge in [0, 0.05) is 47.8 Å². The van der Waals surface area contributed by atoms with Crippen LogP contribution in [0.25, 0.3) is 10.9 Å². The maximum Gasteiger partial charge on any atom is 0.356 e. The molecular weight excluding hydrogens is 440 g/mol. The Morgan fingerprint density at radius 2 is 1.85 bits per heavy atom. The number of anilines is 2. The summed E-state index contributed by atoms with van der Waals surface area (Å²) in [4.78, 5) is 33.1. The molecule has 1 aromatic heterocycles. The molecule has 4 rings (SSSR count). The molecule has 7 nitrogen and oxygen atoms in total. The molecular formula is C25H29ClN4O3. The average Bonchev–Trinajstić information content (AvgIpc) is 3.17. The number of nitrogens with one attached hydrogen (secondary N) is 2. The third kappa shape index (κ3) is 4.56. The van der Waals surface area contributed by atoms with E-state index in [0.29, 0.717) is 21.6 Å². The number of piperazine rings is 1. The van der Waals surface area contributed by atoms with E-state index in [4.69, 9.17) is 16.3 Å². The number of ether oxygens (including phenoxy) is 1. The number of hydrogen-bond donors (Lipinski definition) is 2. The minimum atomic E-state index is -0.549. The molecule has 1 aliphatic heterocycles. The third-order valence-corrected chi connectivity index (χ3v) is 6.79. The zero-order valence-electron chi connectivity index (χ0n) is 19.4. The van der Waals surface area contributed by atoms with Gasteiger partial charge in [-0.3, -0.25) is 9.69 Å². The molecule has 0 aliphatic carbocycles. The monoisotopic (exact) mass is 468 g/mol. The second-order valence-corrected chi connectivity index (χ2v) is 8.90. The second-order valence-electron chi connectivity index (χ2n) is 8.46. The number of hydrogen-bond acceptors (Lipinski definition) is 5. The van der Waals surface area contributed by atoms with Crippen molar-refractivity contribution in [1.29, 1.82) is 0 Å². The zero-order chi connectivity index (χ0) is 23.7. The van der Waals surface area contributed by atoms with E-state index in [-0.39, 0.29) is 17.6 Å². The summed E-state index contributed by atoms with van der Waals surface area (Å²) >= 11 is 6.16. The van der Waals surface area contributed by atoms with Gasteiger partial charge in [-0.15, -0.1) is 0 Å². The molecule has 0 radical (unpaired) electrons. The van der Waals surface area contributed by atoms with Crippen molar-refractivity contribution in [3.63, 3.8) is 0 Å². The Morgan fingerprint density at radius 1 is 1.12 bits per heavy atom. The minimum absolute atomic E-state index is 0.179. The smallest absolute Gasteiger partial charge is 0.356 e. The molecule has 1 amide bonds. The Bertz CT molecular complexity index is 1200. The van der Waals surface area contributed by atoms with Gasteiger partial charge in [0.15, 0.2) is 0 Å². The van der Waals surface area contributed by atoms with Gasteiger partial charge in [-0.2, -0.15) is 0 Å². The summed E-state index contributed by atoms with van der Waals surface area (Å²) in [6, 6.07) is 11.2. The van der Waals surface area contributed by atoms with Gasteiger partial charge in [0.1, 0.15) is 5.69 Å². The highest BCUT2D eigenvalue weighted by Crippen LogP contribution is 2.31. The number of H-pyrrole nitrogens is 1. The molecule has 1 aliphatic rings. The number of methoxy groups -OCH3 is 1. The molecule has 0 spiro atoms. The molecule has 1 atom stereocenters. The lowest BCUT2D eigenvalue weighted by Crippen LogP contribution is -2.53. The van der Waals surface area contributed by atoms with Gasteiger partial charge in [0.25, 0.3) is 0 Å². The van der Waals surface area contributed by atoms with Crippen LogP contribution in [0.3, 0.4) is 0 Å². The number of fused-ring (bicyclic) bond motifs is 1. The molecule has 2 N–H and O–H groups in total. The van der Waals surface area contributed by atoms with E-state index in [1.807, 2.05) is 6.92 Å². The molecule has 2 aromatic carbocycles. The van der Waals surface area contributed by atoms with Gasteiger partial charge in [-0.05, 0) is 56.2 Å². The first-order chi connectivity index (χ1) is 15.8. The number of aromatic nitrogens is 1. The van der Waals surface area contributed by atoms with Crippen molar-refractivity contribution in [2.45, 2.75) is 26.8 Å². The Hall–Kier alpha value is -3.03. The maximum atomic E-state index is 13.2. The van der Waals surface area contributed by atoms with Crippen LogP contribution in [-0.2, 0) is 9.53 Å². The van der Waals surface area contributed by atoms with Crippen LogP contribution in [0.5, 0.6) is 0 Å². The highest BCUT2D eigenvalue weighted by molar-refractivity contribution is 6.31. The van der Waals surface area contributed by atoms with Crippen LogP contribution >= 0.6 is 11.6 Å². The lowest BCUT2D eigenvalue weighted by Gasteiger charge is -2.39. The van der Waals surface area contributed by atoms with Crippen molar-refractivity contribution >= 4 is 45.8 Å². The number of carbonyl (C=O) groups excluding carboxylic acids is 2. The number of benzene rings is 2. The van der Waals surface area contributed by atoms with Gasteiger partial charge in [0.2, 0.25) is 5.91 Å². The van der Waals surface area contributed by atoms with E-state index in [2.05, 4.69) is 52.1 Å². The number of amides is 1. The lowest BCUT2D eigenvalue weighted by molar-refractivity contribution is -0.120. The first kappa shape index (κ1) is 23.1. The molecule has 33 heavy (non-hydrogen) atoms. The molecule has 1 fully saturated rings. The van der Waals surface area contributed by atoms with E-state index < -0.39 is 5.97 Å². The van der Waals surface area contributed by atoms with E-state index in [1.165, 1.54) is 23.9 Å². The molecule has 3 aromatic rings. The van der Waals surface area contributed by atoms with Gasteiger partial charge < -0.3 is 19.9 Å². The molecule has 1 saturated heterocycles. The first-order valence-corrected chi connectivity index (χ1v) is 11.4. The summed E-state index contributed by atoms with van der Waals surface area (Å²) in [6.45, 7) is 9.40. The first-order valence-electron chi connectivity index (χ1n) is 11.1. The number of rotatable bonds is 5. The highest BCUT2D eigenvalue weighted by atomic mass is 35.5. The summed E-state index contributed by atoms with van der Waals surface area (Å²) < 4.78 is 4.90. The molecule has 0 unspecified atom stereocenters. The Labute approximate surface area is 198 Å². The number of aryl methyl sites for hydroxylation is 1. The largest absolute Gasteiger partial charge is 0.464 e. The normalized spacial score (nSPS) is 15.5. The van der Waals surface area contributed by atoms with Crippen molar-refractivity contribution < 1.29 is 14.3 Å². The predicted molar refractivity (Wildman–Crippen MR) is 132 cm³/mol. The number of aromatic amines is 1. The second kappa shape index (κ2) is 9.45. The van der Waals surface area contributed by atoms with Gasteiger partial charge in [-0.25, -0.2) is 4.79 Å². The van der Waals surface area contributed by atoms with Gasteiger partial charge in [-0.1, -0.05) is 23.7 Å². The molecule has 8 heteroatoms. The third-order valence-electron chi connectivity index (χ3n) is 6.56. The number of carbonyl (C=O) groups is 2. The Balaban J connectivity index is 1.49. The van der Waals surface area contributed by atoms with Crippen LogP contribution in [0.4, 0.5) is 11.4 Å². The zero-order valence-corrected chi connectivity index (χ0v) is 20.1. The van der Waals surface area contributed by atoms with Crippen molar-refractivity contribution in [2.24, 2.45) is 0 Å². The molecule has 174 valence electrons. The van der Waals surface area contributed by atoms with Crippen molar-refractivity contribution in [3.05, 3.63) is 58.2 Å². The van der Waals surface area contributed by atoms with Crippen LogP contribution in [0, 0.1) is 13.8 Å². The molecule has 0 bridgehead atoms. The van der Waals surface area contributed by atoms with Crippen LogP contribution < -0.4 is 10.2 Å². The standard InChI is InChI=1S/C25H29ClN4O3/c1-15-6-5-7-21(16(15)2)30-12-10-29(11-13-30)17(3)24(31)28-22-19-14-18(26)8-9-20(19)27-23(22)25(32)33-4/h5-9,14,17,27H,10-13H2,1-4H3,(H,28,31)/t17-/m1/s1. The lowest BCUT2D eigenvalue weighted by atomic mass is 10.1.